The van der Waals surface area contributed by atoms with Crippen molar-refractivity contribution in [1.29, 1.82) is 0 Å². The Kier molecular flexibility index (Phi) is 4.82. The van der Waals surface area contributed by atoms with Crippen LogP contribution in [0.5, 0.6) is 0 Å². The normalized spacial score (nSPS) is 11.4. The summed E-state index contributed by atoms with van der Waals surface area (Å²) in [6, 6.07) is 26.6. The topological polar surface area (TPSA) is 9.86 Å². The molecule has 0 N–H and O–H groups in total. The molecule has 0 saturated heterocycles. The van der Waals surface area contributed by atoms with Gasteiger partial charge < -0.3 is 9.13 Å². The molecule has 2 heteroatoms. The maximum absolute atomic E-state index is 2.27. The highest BCUT2D eigenvalue weighted by Gasteiger charge is 2.08. The first-order valence-electron chi connectivity index (χ1n) is 11.2. The van der Waals surface area contributed by atoms with Crippen molar-refractivity contribution in [1.82, 2.24) is 9.13 Å². The fourth-order valence-corrected chi connectivity index (χ4v) is 4.89. The minimum absolute atomic E-state index is 1.31. The third-order valence-corrected chi connectivity index (χ3v) is 6.63. The molecular weight excluding hydrogens is 388 g/mol. The maximum atomic E-state index is 2.27. The van der Waals surface area contributed by atoms with Gasteiger partial charge in [-0.1, -0.05) is 46.5 Å². The molecule has 0 spiro atoms. The largest absolute Gasteiger partial charge is 0.344 e. The highest BCUT2D eigenvalue weighted by Crippen LogP contribution is 2.30. The molecule has 0 radical (unpaired) electrons. The Morgan fingerprint density at radius 1 is 0.375 bits per heavy atom. The predicted molar refractivity (Wildman–Crippen MR) is 140 cm³/mol. The summed E-state index contributed by atoms with van der Waals surface area (Å²) in [5.41, 5.74) is 10.5. The molecule has 0 aliphatic heterocycles. The van der Waals surface area contributed by atoms with Crippen molar-refractivity contribution in [3.8, 4) is 0 Å². The van der Waals surface area contributed by atoms with Crippen LogP contribution < -0.4 is 0 Å². The lowest BCUT2D eigenvalue weighted by Gasteiger charge is -1.97. The molecule has 0 unspecified atom stereocenters. The van der Waals surface area contributed by atoms with Gasteiger partial charge in [-0.15, -0.1) is 0 Å². The Balaban J connectivity index is 0.000000135. The Bertz CT molecular complexity index is 1380. The number of aromatic nitrogens is 2. The number of fused-ring (bicyclic) bond motifs is 6. The first-order chi connectivity index (χ1) is 15.3. The Hall–Kier alpha value is -3.52. The molecule has 0 amide bonds. The van der Waals surface area contributed by atoms with E-state index in [4.69, 9.17) is 0 Å². The van der Waals surface area contributed by atoms with Gasteiger partial charge in [0.15, 0.2) is 0 Å². The van der Waals surface area contributed by atoms with Crippen LogP contribution in [0.1, 0.15) is 22.3 Å². The third kappa shape index (κ3) is 3.27. The lowest BCUT2D eigenvalue weighted by atomic mass is 10.1. The lowest BCUT2D eigenvalue weighted by molar-refractivity contribution is 1.01. The molecule has 2 aromatic heterocycles. The Morgan fingerprint density at radius 3 is 0.812 bits per heavy atom. The van der Waals surface area contributed by atoms with E-state index in [9.17, 15) is 0 Å². The first-order valence-corrected chi connectivity index (χ1v) is 11.2. The molecule has 0 aliphatic carbocycles. The van der Waals surface area contributed by atoms with Gasteiger partial charge in [0.1, 0.15) is 0 Å². The van der Waals surface area contributed by atoms with Gasteiger partial charge >= 0.3 is 0 Å². The van der Waals surface area contributed by atoms with Gasteiger partial charge in [-0.3, -0.25) is 0 Å². The summed E-state index contributed by atoms with van der Waals surface area (Å²) in [7, 11) is 4.27. The highest BCUT2D eigenvalue weighted by atomic mass is 14.9. The zero-order valence-electron chi connectivity index (χ0n) is 19.8. The molecule has 0 saturated carbocycles. The van der Waals surface area contributed by atoms with E-state index in [1.165, 1.54) is 65.9 Å². The van der Waals surface area contributed by atoms with Gasteiger partial charge in [0, 0.05) is 57.7 Å². The molecule has 160 valence electrons. The predicted octanol–water partition coefficient (Wildman–Crippen LogP) is 7.90. The van der Waals surface area contributed by atoms with Crippen LogP contribution in [-0.2, 0) is 14.1 Å². The summed E-state index contributed by atoms with van der Waals surface area (Å²) < 4.78 is 4.53. The monoisotopic (exact) mass is 418 g/mol. The van der Waals surface area contributed by atoms with E-state index >= 15 is 0 Å². The Morgan fingerprint density at radius 2 is 0.594 bits per heavy atom. The summed E-state index contributed by atoms with van der Waals surface area (Å²) in [5, 5.41) is 5.45. The number of hydrogen-bond acceptors (Lipinski definition) is 0. The fraction of sp³-hybridized carbons (Fsp3) is 0.200. The van der Waals surface area contributed by atoms with Crippen LogP contribution in [0, 0.1) is 27.7 Å². The van der Waals surface area contributed by atoms with Gasteiger partial charge in [0.25, 0.3) is 0 Å². The smallest absolute Gasteiger partial charge is 0.0488 e. The summed E-state index contributed by atoms with van der Waals surface area (Å²) >= 11 is 0. The third-order valence-electron chi connectivity index (χ3n) is 6.63. The second-order valence-electron chi connectivity index (χ2n) is 9.20. The summed E-state index contributed by atoms with van der Waals surface area (Å²) in [6.45, 7) is 8.59. The second-order valence-corrected chi connectivity index (χ2v) is 9.20. The van der Waals surface area contributed by atoms with Crippen LogP contribution in [0.3, 0.4) is 0 Å². The standard InChI is InChI=1S/2C15H15N/c2*1-10-4-6-14-12(8-10)13-9-11(2)5-7-15(13)16(14)3/h2*4-9H,1-3H3. The molecule has 4 aromatic carbocycles. The summed E-state index contributed by atoms with van der Waals surface area (Å²) in [5.74, 6) is 0. The quantitative estimate of drug-likeness (QED) is 0.237. The molecular formula is C30H30N2. The van der Waals surface area contributed by atoms with Gasteiger partial charge in [-0.05, 0) is 76.2 Å². The van der Waals surface area contributed by atoms with Gasteiger partial charge in [0.2, 0.25) is 0 Å². The molecule has 6 aromatic rings. The highest BCUT2D eigenvalue weighted by molar-refractivity contribution is 6.09. The number of benzene rings is 4. The molecule has 2 heterocycles. The minimum Gasteiger partial charge on any atom is -0.344 e. The van der Waals surface area contributed by atoms with E-state index in [1.807, 2.05) is 0 Å². The zero-order chi connectivity index (χ0) is 22.6. The van der Waals surface area contributed by atoms with Crippen molar-refractivity contribution >= 4 is 43.6 Å². The molecule has 2 nitrogen and oxygen atoms in total. The van der Waals surface area contributed by atoms with Crippen molar-refractivity contribution in [2.24, 2.45) is 14.1 Å². The van der Waals surface area contributed by atoms with E-state index < -0.39 is 0 Å². The molecule has 0 aliphatic rings. The number of aryl methyl sites for hydroxylation is 6. The second kappa shape index (κ2) is 7.56. The van der Waals surface area contributed by atoms with Crippen LogP contribution in [0.25, 0.3) is 43.6 Å². The number of nitrogens with zero attached hydrogens (tertiary/aromatic N) is 2. The average Bonchev–Trinajstić information content (AvgIpc) is 3.19. The molecule has 32 heavy (non-hydrogen) atoms. The summed E-state index contributed by atoms with van der Waals surface area (Å²) in [6.07, 6.45) is 0. The zero-order valence-corrected chi connectivity index (χ0v) is 19.8. The maximum Gasteiger partial charge on any atom is 0.0488 e. The Labute approximate surface area is 189 Å². The van der Waals surface area contributed by atoms with E-state index in [0.717, 1.165) is 0 Å². The molecule has 0 bridgehead atoms. The van der Waals surface area contributed by atoms with Crippen LogP contribution in [-0.4, -0.2) is 9.13 Å². The summed E-state index contributed by atoms with van der Waals surface area (Å²) in [4.78, 5) is 0. The van der Waals surface area contributed by atoms with Gasteiger partial charge in [-0.2, -0.15) is 0 Å². The van der Waals surface area contributed by atoms with Crippen molar-refractivity contribution in [3.05, 3.63) is 95.1 Å². The van der Waals surface area contributed by atoms with Crippen molar-refractivity contribution in [3.63, 3.8) is 0 Å². The van der Waals surface area contributed by atoms with Crippen molar-refractivity contribution < 1.29 is 0 Å². The van der Waals surface area contributed by atoms with Gasteiger partial charge in [-0.25, -0.2) is 0 Å². The first kappa shape index (κ1) is 20.4. The number of rotatable bonds is 0. The minimum atomic E-state index is 1.31. The van der Waals surface area contributed by atoms with Crippen LogP contribution in [0.15, 0.2) is 72.8 Å². The van der Waals surface area contributed by atoms with E-state index in [0.29, 0.717) is 0 Å². The molecule has 0 atom stereocenters. The van der Waals surface area contributed by atoms with Crippen LogP contribution in [0.4, 0.5) is 0 Å². The van der Waals surface area contributed by atoms with Gasteiger partial charge in [0.05, 0.1) is 0 Å². The van der Waals surface area contributed by atoms with Crippen LogP contribution in [0.2, 0.25) is 0 Å². The molecule has 6 rings (SSSR count). The molecule has 0 fully saturated rings. The van der Waals surface area contributed by atoms with E-state index in [-0.39, 0.29) is 0 Å². The lowest BCUT2D eigenvalue weighted by Crippen LogP contribution is -1.86. The fourth-order valence-electron chi connectivity index (χ4n) is 4.89. The SMILES string of the molecule is Cc1ccc2c(c1)c1cc(C)ccc1n2C.Cc1ccc2c(c1)c1cc(C)ccc1n2C. The number of hydrogen-bond donors (Lipinski definition) is 0. The average molecular weight is 419 g/mol. The van der Waals surface area contributed by atoms with Crippen molar-refractivity contribution in [2.45, 2.75) is 27.7 Å². The van der Waals surface area contributed by atoms with Crippen molar-refractivity contribution in [2.75, 3.05) is 0 Å². The van der Waals surface area contributed by atoms with E-state index in [1.54, 1.807) is 0 Å². The van der Waals surface area contributed by atoms with E-state index in [2.05, 4.69) is 124 Å². The van der Waals surface area contributed by atoms with Crippen LogP contribution >= 0.6 is 0 Å².